The average Bonchev–Trinajstić information content (AvgIpc) is 2.72. The van der Waals surface area contributed by atoms with Crippen molar-refractivity contribution >= 4 is 11.5 Å². The SMILES string of the molecule is CCc1ccc(CNc2c(N)c(C)nn2CC)cc1. The van der Waals surface area contributed by atoms with Gasteiger partial charge in [-0.15, -0.1) is 0 Å². The number of nitrogen functional groups attached to an aromatic ring is 1. The molecule has 4 heteroatoms. The van der Waals surface area contributed by atoms with Crippen LogP contribution in [-0.2, 0) is 19.5 Å². The lowest BCUT2D eigenvalue weighted by Gasteiger charge is -2.09. The molecular weight excluding hydrogens is 236 g/mol. The number of aryl methyl sites for hydroxylation is 3. The van der Waals surface area contributed by atoms with Crippen molar-refractivity contribution in [1.82, 2.24) is 9.78 Å². The van der Waals surface area contributed by atoms with Crippen molar-refractivity contribution in [3.05, 3.63) is 41.1 Å². The van der Waals surface area contributed by atoms with Gasteiger partial charge in [-0.05, 0) is 31.4 Å². The summed E-state index contributed by atoms with van der Waals surface area (Å²) in [6, 6.07) is 8.65. The van der Waals surface area contributed by atoms with Crippen molar-refractivity contribution in [2.75, 3.05) is 11.1 Å². The summed E-state index contributed by atoms with van der Waals surface area (Å²) in [6.45, 7) is 7.74. The lowest BCUT2D eigenvalue weighted by atomic mass is 10.1. The number of nitrogens with zero attached hydrogens (tertiary/aromatic N) is 2. The van der Waals surface area contributed by atoms with Crippen LogP contribution in [0.25, 0.3) is 0 Å². The fourth-order valence-corrected chi connectivity index (χ4v) is 2.09. The van der Waals surface area contributed by atoms with Crippen LogP contribution in [0.1, 0.15) is 30.7 Å². The van der Waals surface area contributed by atoms with E-state index in [2.05, 4.69) is 48.5 Å². The molecule has 1 aromatic heterocycles. The van der Waals surface area contributed by atoms with Crippen molar-refractivity contribution in [1.29, 1.82) is 0 Å². The molecule has 0 unspecified atom stereocenters. The van der Waals surface area contributed by atoms with Crippen molar-refractivity contribution in [2.24, 2.45) is 0 Å². The van der Waals surface area contributed by atoms with Gasteiger partial charge in [-0.25, -0.2) is 4.68 Å². The summed E-state index contributed by atoms with van der Waals surface area (Å²) in [7, 11) is 0. The highest BCUT2D eigenvalue weighted by molar-refractivity contribution is 5.64. The number of benzene rings is 1. The number of nitrogens with two attached hydrogens (primary N) is 1. The van der Waals surface area contributed by atoms with Gasteiger partial charge < -0.3 is 11.1 Å². The second-order valence-corrected chi connectivity index (χ2v) is 4.69. The van der Waals surface area contributed by atoms with Gasteiger partial charge in [0.05, 0.1) is 11.4 Å². The third-order valence-corrected chi connectivity index (χ3v) is 3.36. The molecule has 0 saturated carbocycles. The summed E-state index contributed by atoms with van der Waals surface area (Å²) in [6.07, 6.45) is 1.07. The summed E-state index contributed by atoms with van der Waals surface area (Å²) in [5, 5.41) is 7.78. The Morgan fingerprint density at radius 2 is 1.79 bits per heavy atom. The zero-order chi connectivity index (χ0) is 13.8. The van der Waals surface area contributed by atoms with E-state index in [4.69, 9.17) is 5.73 Å². The topological polar surface area (TPSA) is 55.9 Å². The molecule has 0 saturated heterocycles. The standard InChI is InChI=1S/C15H22N4/c1-4-12-6-8-13(9-7-12)10-17-15-14(16)11(3)18-19(15)5-2/h6-9,17H,4-5,10,16H2,1-3H3. The first-order valence-corrected chi connectivity index (χ1v) is 6.80. The van der Waals surface area contributed by atoms with Gasteiger partial charge in [0, 0.05) is 13.1 Å². The zero-order valence-electron chi connectivity index (χ0n) is 11.9. The van der Waals surface area contributed by atoms with E-state index in [1.807, 2.05) is 11.6 Å². The monoisotopic (exact) mass is 258 g/mol. The fraction of sp³-hybridized carbons (Fsp3) is 0.400. The highest BCUT2D eigenvalue weighted by atomic mass is 15.3. The Balaban J connectivity index is 2.09. The second-order valence-electron chi connectivity index (χ2n) is 4.69. The maximum absolute atomic E-state index is 6.04. The summed E-state index contributed by atoms with van der Waals surface area (Å²) < 4.78 is 1.91. The first-order chi connectivity index (χ1) is 9.15. The smallest absolute Gasteiger partial charge is 0.148 e. The first-order valence-electron chi connectivity index (χ1n) is 6.80. The minimum Gasteiger partial charge on any atom is -0.394 e. The molecule has 1 heterocycles. The summed E-state index contributed by atoms with van der Waals surface area (Å²) in [5.41, 5.74) is 10.3. The summed E-state index contributed by atoms with van der Waals surface area (Å²) in [5.74, 6) is 0.916. The maximum Gasteiger partial charge on any atom is 0.148 e. The van der Waals surface area contributed by atoms with E-state index in [1.54, 1.807) is 0 Å². The van der Waals surface area contributed by atoms with E-state index >= 15 is 0 Å². The summed E-state index contributed by atoms with van der Waals surface area (Å²) in [4.78, 5) is 0. The molecule has 3 N–H and O–H groups in total. The van der Waals surface area contributed by atoms with Crippen molar-refractivity contribution in [2.45, 2.75) is 40.3 Å². The van der Waals surface area contributed by atoms with E-state index in [0.717, 1.165) is 36.7 Å². The Hall–Kier alpha value is -1.97. The van der Waals surface area contributed by atoms with Gasteiger partial charge in [-0.3, -0.25) is 0 Å². The number of anilines is 2. The van der Waals surface area contributed by atoms with Crippen molar-refractivity contribution in [3.8, 4) is 0 Å². The largest absolute Gasteiger partial charge is 0.394 e. The van der Waals surface area contributed by atoms with Crippen LogP contribution in [-0.4, -0.2) is 9.78 Å². The molecule has 0 spiro atoms. The Morgan fingerprint density at radius 1 is 1.16 bits per heavy atom. The van der Waals surface area contributed by atoms with Gasteiger partial charge >= 0.3 is 0 Å². The normalized spacial score (nSPS) is 10.7. The number of hydrogen-bond acceptors (Lipinski definition) is 3. The number of hydrogen-bond donors (Lipinski definition) is 2. The molecule has 102 valence electrons. The molecule has 1 aromatic carbocycles. The fourth-order valence-electron chi connectivity index (χ4n) is 2.09. The molecule has 0 radical (unpaired) electrons. The van der Waals surface area contributed by atoms with Gasteiger partial charge in [0.15, 0.2) is 0 Å². The molecule has 19 heavy (non-hydrogen) atoms. The van der Waals surface area contributed by atoms with Gasteiger partial charge in [0.1, 0.15) is 5.82 Å². The highest BCUT2D eigenvalue weighted by Gasteiger charge is 2.10. The molecule has 0 aliphatic rings. The van der Waals surface area contributed by atoms with Gasteiger partial charge in [0.2, 0.25) is 0 Å². The van der Waals surface area contributed by atoms with Crippen LogP contribution in [0.4, 0.5) is 11.5 Å². The molecule has 0 atom stereocenters. The lowest BCUT2D eigenvalue weighted by Crippen LogP contribution is -2.08. The van der Waals surface area contributed by atoms with Crippen LogP contribution >= 0.6 is 0 Å². The molecule has 2 rings (SSSR count). The van der Waals surface area contributed by atoms with Crippen LogP contribution in [0.15, 0.2) is 24.3 Å². The van der Waals surface area contributed by atoms with E-state index in [9.17, 15) is 0 Å². The van der Waals surface area contributed by atoms with Crippen molar-refractivity contribution in [3.63, 3.8) is 0 Å². The Morgan fingerprint density at radius 3 is 2.37 bits per heavy atom. The number of rotatable bonds is 5. The van der Waals surface area contributed by atoms with Crippen LogP contribution < -0.4 is 11.1 Å². The second kappa shape index (κ2) is 5.78. The molecule has 0 amide bonds. The minimum atomic E-state index is 0.743. The quantitative estimate of drug-likeness (QED) is 0.867. The van der Waals surface area contributed by atoms with E-state index < -0.39 is 0 Å². The molecule has 0 fully saturated rings. The zero-order valence-corrected chi connectivity index (χ0v) is 11.9. The molecular formula is C15H22N4. The Labute approximate surface area is 114 Å². The van der Waals surface area contributed by atoms with Gasteiger partial charge in [-0.1, -0.05) is 31.2 Å². The molecule has 4 nitrogen and oxygen atoms in total. The van der Waals surface area contributed by atoms with Gasteiger partial charge in [0.25, 0.3) is 0 Å². The summed E-state index contributed by atoms with van der Waals surface area (Å²) >= 11 is 0. The van der Waals surface area contributed by atoms with E-state index in [0.29, 0.717) is 0 Å². The predicted octanol–water partition coefficient (Wildman–Crippen LogP) is 2.97. The van der Waals surface area contributed by atoms with Crippen LogP contribution in [0.3, 0.4) is 0 Å². The average molecular weight is 258 g/mol. The van der Waals surface area contributed by atoms with Crippen LogP contribution in [0.5, 0.6) is 0 Å². The Kier molecular flexibility index (Phi) is 4.10. The van der Waals surface area contributed by atoms with Crippen molar-refractivity contribution < 1.29 is 0 Å². The molecule has 2 aromatic rings. The number of aromatic nitrogens is 2. The van der Waals surface area contributed by atoms with E-state index in [1.165, 1.54) is 11.1 Å². The Bertz CT molecular complexity index is 540. The third kappa shape index (κ3) is 2.89. The molecule has 0 aliphatic carbocycles. The van der Waals surface area contributed by atoms with Crippen LogP contribution in [0, 0.1) is 6.92 Å². The maximum atomic E-state index is 6.04. The number of nitrogens with one attached hydrogen (secondary N) is 1. The third-order valence-electron chi connectivity index (χ3n) is 3.36. The predicted molar refractivity (Wildman–Crippen MR) is 80.2 cm³/mol. The lowest BCUT2D eigenvalue weighted by molar-refractivity contribution is 0.657. The molecule has 0 bridgehead atoms. The van der Waals surface area contributed by atoms with Crippen LogP contribution in [0.2, 0.25) is 0 Å². The first kappa shape index (κ1) is 13.5. The minimum absolute atomic E-state index is 0.743. The molecule has 0 aliphatic heterocycles. The van der Waals surface area contributed by atoms with Gasteiger partial charge in [-0.2, -0.15) is 5.10 Å². The highest BCUT2D eigenvalue weighted by Crippen LogP contribution is 2.22. The van der Waals surface area contributed by atoms with E-state index in [-0.39, 0.29) is 0 Å².